The number of carbonyl (C=O) groups is 3. The third-order valence-corrected chi connectivity index (χ3v) is 9.24. The van der Waals surface area contributed by atoms with E-state index in [-0.39, 0.29) is 11.4 Å². The van der Waals surface area contributed by atoms with Crippen molar-refractivity contribution in [2.45, 2.75) is 23.2 Å². The van der Waals surface area contributed by atoms with Crippen molar-refractivity contribution in [3.63, 3.8) is 0 Å². The molecule has 0 spiro atoms. The van der Waals surface area contributed by atoms with Crippen molar-refractivity contribution in [2.75, 3.05) is 10.6 Å². The third kappa shape index (κ3) is 9.52. The summed E-state index contributed by atoms with van der Waals surface area (Å²) in [5.74, 6) is -0.817. The van der Waals surface area contributed by atoms with Crippen LogP contribution in [-0.4, -0.2) is 17.7 Å². The number of nitrogens with one attached hydrogen (secondary N) is 3. The highest BCUT2D eigenvalue weighted by Crippen LogP contribution is 2.39. The van der Waals surface area contributed by atoms with Crippen LogP contribution < -0.4 is 16.0 Å². The summed E-state index contributed by atoms with van der Waals surface area (Å²) >= 11 is 1.14. The van der Waals surface area contributed by atoms with Crippen molar-refractivity contribution in [2.24, 2.45) is 0 Å². The van der Waals surface area contributed by atoms with Crippen LogP contribution in [0.3, 0.4) is 0 Å². The average molecular weight is 732 g/mol. The Kier molecular flexibility index (Phi) is 11.2. The lowest BCUT2D eigenvalue weighted by atomic mass is 10.1. The number of hydrogen-bond acceptors (Lipinski definition) is 5. The van der Waals surface area contributed by atoms with Crippen LogP contribution in [-0.2, 0) is 15.8 Å². The summed E-state index contributed by atoms with van der Waals surface area (Å²) in [6, 6.07) is 39.8. The Balaban J connectivity index is 1.21. The van der Waals surface area contributed by atoms with E-state index in [0.29, 0.717) is 33.2 Å². The largest absolute Gasteiger partial charge is 0.457 e. The first-order valence-electron chi connectivity index (χ1n) is 16.4. The van der Waals surface area contributed by atoms with Crippen LogP contribution in [0.5, 0.6) is 0 Å². The van der Waals surface area contributed by atoms with E-state index >= 15 is 0 Å². The van der Waals surface area contributed by atoms with Gasteiger partial charge in [-0.3, -0.25) is 14.4 Å². The van der Waals surface area contributed by atoms with Gasteiger partial charge in [0.05, 0.1) is 11.3 Å². The molecule has 7 nitrogen and oxygen atoms in total. The van der Waals surface area contributed by atoms with Gasteiger partial charge in [-0.05, 0) is 73.2 Å². The Morgan fingerprint density at radius 2 is 1.36 bits per heavy atom. The predicted molar refractivity (Wildman–Crippen MR) is 201 cm³/mol. The van der Waals surface area contributed by atoms with E-state index < -0.39 is 34.7 Å². The summed E-state index contributed by atoms with van der Waals surface area (Å²) in [6.45, 7) is 1.98. The van der Waals surface area contributed by atoms with E-state index in [0.717, 1.165) is 29.0 Å². The summed E-state index contributed by atoms with van der Waals surface area (Å²) in [5.41, 5.74) is 1.93. The van der Waals surface area contributed by atoms with Crippen LogP contribution in [0.4, 0.5) is 24.5 Å². The quantitative estimate of drug-likeness (QED) is 0.0910. The van der Waals surface area contributed by atoms with Gasteiger partial charge >= 0.3 is 6.18 Å². The molecule has 0 aliphatic carbocycles. The molecule has 0 bridgehead atoms. The van der Waals surface area contributed by atoms with E-state index in [1.807, 2.05) is 31.2 Å². The van der Waals surface area contributed by atoms with Gasteiger partial charge in [-0.25, -0.2) is 0 Å². The molecule has 3 N–H and O–H groups in total. The van der Waals surface area contributed by atoms with E-state index in [1.165, 1.54) is 24.3 Å². The van der Waals surface area contributed by atoms with Crippen LogP contribution >= 0.6 is 11.8 Å². The Labute approximate surface area is 307 Å². The van der Waals surface area contributed by atoms with Crippen LogP contribution in [0.2, 0.25) is 0 Å². The minimum Gasteiger partial charge on any atom is -0.457 e. The highest BCUT2D eigenvalue weighted by Gasteiger charge is 2.34. The van der Waals surface area contributed by atoms with Gasteiger partial charge in [0.15, 0.2) is 0 Å². The lowest BCUT2D eigenvalue weighted by molar-refractivity contribution is -0.137. The second-order valence-corrected chi connectivity index (χ2v) is 13.0. The van der Waals surface area contributed by atoms with Gasteiger partial charge in [0, 0.05) is 27.8 Å². The minimum atomic E-state index is -4.65. The molecule has 1 heterocycles. The molecule has 0 unspecified atom stereocenters. The minimum absolute atomic E-state index is 0.0675. The monoisotopic (exact) mass is 731 g/mol. The number of amides is 3. The zero-order valence-corrected chi connectivity index (χ0v) is 29.0. The molecule has 0 radical (unpaired) electrons. The van der Waals surface area contributed by atoms with Gasteiger partial charge in [0.1, 0.15) is 22.5 Å². The fraction of sp³-hybridized carbons (Fsp3) is 0.0714. The van der Waals surface area contributed by atoms with E-state index in [9.17, 15) is 27.6 Å². The smallest absolute Gasteiger partial charge is 0.418 e. The molecule has 0 fully saturated rings. The van der Waals surface area contributed by atoms with Gasteiger partial charge in [-0.1, -0.05) is 90.5 Å². The molecule has 0 aliphatic heterocycles. The molecule has 5 aromatic carbocycles. The number of para-hydroxylation sites is 1. The fourth-order valence-electron chi connectivity index (χ4n) is 5.28. The van der Waals surface area contributed by atoms with Crippen molar-refractivity contribution < 1.29 is 32.0 Å². The molecular weight excluding hydrogens is 700 g/mol. The van der Waals surface area contributed by atoms with Crippen LogP contribution in [0.25, 0.3) is 17.4 Å². The molecular formula is C42H32F3N3O4S. The number of furan rings is 1. The Hall–Kier alpha value is -6.33. The highest BCUT2D eigenvalue weighted by molar-refractivity contribution is 8.00. The molecule has 1 atom stereocenters. The van der Waals surface area contributed by atoms with Gasteiger partial charge in [-0.2, -0.15) is 13.2 Å². The molecule has 0 aliphatic rings. The predicted octanol–water partition coefficient (Wildman–Crippen LogP) is 10.2. The maximum absolute atomic E-state index is 13.7. The van der Waals surface area contributed by atoms with Gasteiger partial charge in [0.2, 0.25) is 5.91 Å². The molecule has 6 aromatic rings. The first-order valence-corrected chi connectivity index (χ1v) is 17.3. The van der Waals surface area contributed by atoms with Gasteiger partial charge in [0.25, 0.3) is 11.8 Å². The van der Waals surface area contributed by atoms with Crippen LogP contribution in [0.15, 0.2) is 161 Å². The molecule has 3 amide bonds. The molecule has 6 rings (SSSR count). The summed E-state index contributed by atoms with van der Waals surface area (Å²) in [4.78, 5) is 40.9. The number of benzene rings is 5. The van der Waals surface area contributed by atoms with Crippen molar-refractivity contribution in [3.05, 3.63) is 179 Å². The zero-order chi connectivity index (χ0) is 37.4. The SMILES string of the molecule is Cc1ccc(-c2ccc(/C=C(\NC(=O)c3ccccc3)C(=O)Nc3ccc(S[C@H](C(=O)Nc4ccccc4C(F)(F)F)c4ccccc4)cc3)o2)cc1. The highest BCUT2D eigenvalue weighted by atomic mass is 32.2. The summed E-state index contributed by atoms with van der Waals surface area (Å²) in [5, 5.41) is 7.04. The van der Waals surface area contributed by atoms with Crippen molar-refractivity contribution in [1.82, 2.24) is 5.32 Å². The van der Waals surface area contributed by atoms with E-state index in [2.05, 4.69) is 16.0 Å². The normalized spacial score (nSPS) is 12.1. The van der Waals surface area contributed by atoms with E-state index in [1.54, 1.807) is 97.1 Å². The lowest BCUT2D eigenvalue weighted by Crippen LogP contribution is -2.30. The fourth-order valence-corrected chi connectivity index (χ4v) is 6.30. The van der Waals surface area contributed by atoms with Crippen molar-refractivity contribution in [1.29, 1.82) is 0 Å². The number of alkyl halides is 3. The second kappa shape index (κ2) is 16.3. The topological polar surface area (TPSA) is 100 Å². The summed E-state index contributed by atoms with van der Waals surface area (Å²) in [7, 11) is 0. The number of rotatable bonds is 11. The lowest BCUT2D eigenvalue weighted by Gasteiger charge is -2.19. The standard InChI is InChI=1S/C42H32F3N3O4S/c1-27-16-18-28(19-17-27)37-25-22-32(52-37)26-36(48-39(49)30-12-6-3-7-13-30)40(50)46-31-20-23-33(24-21-31)53-38(29-10-4-2-5-11-29)41(51)47-35-15-9-8-14-34(35)42(43,44)45/h2-26,38H,1H3,(H,46,50)(H,47,51)(H,48,49)/b36-26-/t38-/m0/s1. The zero-order valence-electron chi connectivity index (χ0n) is 28.2. The summed E-state index contributed by atoms with van der Waals surface area (Å²) < 4.78 is 47.0. The number of hydrogen-bond donors (Lipinski definition) is 3. The first-order chi connectivity index (χ1) is 25.5. The number of anilines is 2. The number of thioether (sulfide) groups is 1. The average Bonchev–Trinajstić information content (AvgIpc) is 3.63. The van der Waals surface area contributed by atoms with Crippen molar-refractivity contribution >= 4 is 46.9 Å². The third-order valence-electron chi connectivity index (χ3n) is 7.98. The van der Waals surface area contributed by atoms with Crippen molar-refractivity contribution in [3.8, 4) is 11.3 Å². The Morgan fingerprint density at radius 1 is 0.717 bits per heavy atom. The second-order valence-electron chi connectivity index (χ2n) is 11.9. The number of aryl methyl sites for hydroxylation is 1. The molecule has 11 heteroatoms. The molecule has 266 valence electrons. The Morgan fingerprint density at radius 3 is 2.04 bits per heavy atom. The number of carbonyl (C=O) groups excluding carboxylic acids is 3. The van der Waals surface area contributed by atoms with Gasteiger partial charge < -0.3 is 20.4 Å². The molecule has 53 heavy (non-hydrogen) atoms. The maximum Gasteiger partial charge on any atom is 0.418 e. The molecule has 1 aromatic heterocycles. The van der Waals surface area contributed by atoms with Gasteiger partial charge in [-0.15, -0.1) is 11.8 Å². The number of halogens is 3. The molecule has 0 saturated carbocycles. The molecule has 0 saturated heterocycles. The first kappa shape index (κ1) is 36.5. The van der Waals surface area contributed by atoms with Crippen LogP contribution in [0.1, 0.15) is 38.1 Å². The maximum atomic E-state index is 13.7. The van der Waals surface area contributed by atoms with Crippen LogP contribution in [0, 0.1) is 6.92 Å². The Bertz CT molecular complexity index is 2240. The van der Waals surface area contributed by atoms with E-state index in [4.69, 9.17) is 4.42 Å². The summed E-state index contributed by atoms with van der Waals surface area (Å²) in [6.07, 6.45) is -3.21.